The molecule has 0 aliphatic heterocycles. The molecule has 0 radical (unpaired) electrons. The zero-order valence-electron chi connectivity index (χ0n) is 8.41. The monoisotopic (exact) mass is 197 g/mol. The molecule has 0 spiro atoms. The van der Waals surface area contributed by atoms with Gasteiger partial charge in [-0.25, -0.2) is 0 Å². The third-order valence-corrected chi connectivity index (χ3v) is 2.37. The molecule has 0 saturated carbocycles. The molecule has 4 heteroatoms. The Hall–Kier alpha value is -0.250. The summed E-state index contributed by atoms with van der Waals surface area (Å²) < 4.78 is 35.2. The number of nitrogens with one attached hydrogen (secondary N) is 1. The van der Waals surface area contributed by atoms with Crippen molar-refractivity contribution >= 4 is 0 Å². The molecule has 80 valence electrons. The minimum atomic E-state index is -4.04. The molecule has 0 aromatic heterocycles. The number of halogens is 3. The average Bonchev–Trinajstić information content (AvgIpc) is 2.00. The molecule has 1 nitrogen and oxygen atoms in total. The van der Waals surface area contributed by atoms with Crippen molar-refractivity contribution in [1.82, 2.24) is 5.32 Å². The van der Waals surface area contributed by atoms with Gasteiger partial charge in [0.25, 0.3) is 0 Å². The zero-order chi connectivity index (χ0) is 10.5. The van der Waals surface area contributed by atoms with E-state index in [9.17, 15) is 13.2 Å². The normalized spacial score (nSPS) is 17.1. The standard InChI is InChI=1S/C9H18F3N/c1-4-7(2)8(3)13-6-5-9(10,11)12/h7-8,13H,4-6H2,1-3H3. The van der Waals surface area contributed by atoms with Gasteiger partial charge in [-0.2, -0.15) is 13.2 Å². The Morgan fingerprint density at radius 2 is 1.77 bits per heavy atom. The molecule has 2 atom stereocenters. The molecule has 0 aliphatic carbocycles. The maximum Gasteiger partial charge on any atom is 0.390 e. The maximum absolute atomic E-state index is 11.7. The summed E-state index contributed by atoms with van der Waals surface area (Å²) in [6, 6.07) is 0.160. The highest BCUT2D eigenvalue weighted by Crippen LogP contribution is 2.18. The van der Waals surface area contributed by atoms with Gasteiger partial charge in [-0.05, 0) is 12.8 Å². The van der Waals surface area contributed by atoms with E-state index in [1.165, 1.54) is 0 Å². The van der Waals surface area contributed by atoms with Crippen molar-refractivity contribution in [2.75, 3.05) is 6.54 Å². The molecule has 0 aromatic carbocycles. The molecule has 0 aliphatic rings. The van der Waals surface area contributed by atoms with Gasteiger partial charge >= 0.3 is 6.18 Å². The second-order valence-corrected chi connectivity index (χ2v) is 3.49. The molecular formula is C9H18F3N. The Balaban J connectivity index is 3.53. The first-order valence-corrected chi connectivity index (χ1v) is 4.67. The molecule has 0 saturated heterocycles. The summed E-state index contributed by atoms with van der Waals surface area (Å²) in [7, 11) is 0. The van der Waals surface area contributed by atoms with Crippen LogP contribution in [0.2, 0.25) is 0 Å². The fraction of sp³-hybridized carbons (Fsp3) is 1.00. The van der Waals surface area contributed by atoms with E-state index in [1.54, 1.807) is 0 Å². The van der Waals surface area contributed by atoms with Crippen LogP contribution in [0.25, 0.3) is 0 Å². The smallest absolute Gasteiger partial charge is 0.314 e. The van der Waals surface area contributed by atoms with Gasteiger partial charge < -0.3 is 5.32 Å². The van der Waals surface area contributed by atoms with Crippen LogP contribution in [0, 0.1) is 5.92 Å². The number of rotatable bonds is 5. The Kier molecular flexibility index (Phi) is 5.37. The van der Waals surface area contributed by atoms with Gasteiger partial charge in [-0.3, -0.25) is 0 Å². The lowest BCUT2D eigenvalue weighted by Crippen LogP contribution is -2.34. The molecule has 0 aromatic rings. The first-order chi connectivity index (χ1) is 5.87. The fourth-order valence-corrected chi connectivity index (χ4v) is 0.996. The van der Waals surface area contributed by atoms with E-state index < -0.39 is 12.6 Å². The zero-order valence-corrected chi connectivity index (χ0v) is 8.41. The van der Waals surface area contributed by atoms with E-state index in [0.717, 1.165) is 6.42 Å². The quantitative estimate of drug-likeness (QED) is 0.714. The Morgan fingerprint density at radius 1 is 1.23 bits per heavy atom. The SMILES string of the molecule is CCC(C)C(C)NCCC(F)(F)F. The first-order valence-electron chi connectivity index (χ1n) is 4.67. The van der Waals surface area contributed by atoms with Gasteiger partial charge in [0.05, 0.1) is 6.42 Å². The van der Waals surface area contributed by atoms with Crippen LogP contribution in [-0.2, 0) is 0 Å². The van der Waals surface area contributed by atoms with Crippen LogP contribution in [0.4, 0.5) is 13.2 Å². The largest absolute Gasteiger partial charge is 0.390 e. The van der Waals surface area contributed by atoms with Crippen molar-refractivity contribution in [2.45, 2.75) is 45.8 Å². The minimum absolute atomic E-state index is 0.0228. The summed E-state index contributed by atoms with van der Waals surface area (Å²) >= 11 is 0. The Bertz CT molecular complexity index is 133. The van der Waals surface area contributed by atoms with Crippen molar-refractivity contribution in [3.63, 3.8) is 0 Å². The van der Waals surface area contributed by atoms with E-state index in [2.05, 4.69) is 5.32 Å². The lowest BCUT2D eigenvalue weighted by Gasteiger charge is -2.20. The van der Waals surface area contributed by atoms with E-state index in [-0.39, 0.29) is 12.6 Å². The van der Waals surface area contributed by atoms with E-state index in [4.69, 9.17) is 0 Å². The minimum Gasteiger partial charge on any atom is -0.314 e. The molecule has 0 bridgehead atoms. The molecule has 0 fully saturated rings. The van der Waals surface area contributed by atoms with Crippen LogP contribution >= 0.6 is 0 Å². The predicted molar refractivity (Wildman–Crippen MR) is 47.6 cm³/mol. The average molecular weight is 197 g/mol. The van der Waals surface area contributed by atoms with Crippen LogP contribution in [0.1, 0.15) is 33.6 Å². The maximum atomic E-state index is 11.7. The molecule has 0 amide bonds. The third kappa shape index (κ3) is 6.87. The Labute approximate surface area is 77.7 Å². The lowest BCUT2D eigenvalue weighted by atomic mass is 10.0. The first kappa shape index (κ1) is 12.8. The van der Waals surface area contributed by atoms with Crippen LogP contribution < -0.4 is 5.32 Å². The highest BCUT2D eigenvalue weighted by atomic mass is 19.4. The van der Waals surface area contributed by atoms with Gasteiger partial charge in [-0.1, -0.05) is 20.3 Å². The number of hydrogen-bond donors (Lipinski definition) is 1. The van der Waals surface area contributed by atoms with Crippen molar-refractivity contribution in [1.29, 1.82) is 0 Å². The summed E-state index contributed by atoms with van der Waals surface area (Å²) in [5.74, 6) is 0.424. The van der Waals surface area contributed by atoms with Crippen molar-refractivity contribution in [3.05, 3.63) is 0 Å². The summed E-state index contributed by atoms with van der Waals surface area (Å²) in [6.07, 6.45) is -3.80. The number of alkyl halides is 3. The highest BCUT2D eigenvalue weighted by Gasteiger charge is 2.26. The summed E-state index contributed by atoms with van der Waals surface area (Å²) in [6.45, 7) is 6.01. The van der Waals surface area contributed by atoms with E-state index >= 15 is 0 Å². The van der Waals surface area contributed by atoms with Crippen LogP contribution in [-0.4, -0.2) is 18.8 Å². The Morgan fingerprint density at radius 3 is 2.15 bits per heavy atom. The topological polar surface area (TPSA) is 12.0 Å². The molecule has 13 heavy (non-hydrogen) atoms. The van der Waals surface area contributed by atoms with Gasteiger partial charge in [0, 0.05) is 12.6 Å². The molecule has 2 unspecified atom stereocenters. The summed E-state index contributed by atoms with van der Waals surface area (Å²) in [5, 5.41) is 2.87. The third-order valence-electron chi connectivity index (χ3n) is 2.37. The van der Waals surface area contributed by atoms with Crippen molar-refractivity contribution in [2.24, 2.45) is 5.92 Å². The molecule has 0 heterocycles. The van der Waals surface area contributed by atoms with Crippen LogP contribution in [0.15, 0.2) is 0 Å². The summed E-state index contributed by atoms with van der Waals surface area (Å²) in [4.78, 5) is 0. The predicted octanol–water partition coefficient (Wildman–Crippen LogP) is 2.96. The van der Waals surface area contributed by atoms with E-state index in [0.29, 0.717) is 5.92 Å². The van der Waals surface area contributed by atoms with Crippen LogP contribution in [0.5, 0.6) is 0 Å². The van der Waals surface area contributed by atoms with E-state index in [1.807, 2.05) is 20.8 Å². The molecule has 0 rings (SSSR count). The molecule has 1 N–H and O–H groups in total. The fourth-order valence-electron chi connectivity index (χ4n) is 0.996. The van der Waals surface area contributed by atoms with Crippen molar-refractivity contribution < 1.29 is 13.2 Å². The highest BCUT2D eigenvalue weighted by molar-refractivity contribution is 4.67. The van der Waals surface area contributed by atoms with Gasteiger partial charge in [-0.15, -0.1) is 0 Å². The second-order valence-electron chi connectivity index (χ2n) is 3.49. The van der Waals surface area contributed by atoms with Gasteiger partial charge in [0.15, 0.2) is 0 Å². The lowest BCUT2D eigenvalue weighted by molar-refractivity contribution is -0.133. The number of hydrogen-bond acceptors (Lipinski definition) is 1. The molecular weight excluding hydrogens is 179 g/mol. The summed E-state index contributed by atoms with van der Waals surface area (Å²) in [5.41, 5.74) is 0. The van der Waals surface area contributed by atoms with Gasteiger partial charge in [0.1, 0.15) is 0 Å². The van der Waals surface area contributed by atoms with Crippen molar-refractivity contribution in [3.8, 4) is 0 Å². The second kappa shape index (κ2) is 5.47. The van der Waals surface area contributed by atoms with Gasteiger partial charge in [0.2, 0.25) is 0 Å². The van der Waals surface area contributed by atoms with Crippen LogP contribution in [0.3, 0.4) is 0 Å².